The highest BCUT2D eigenvalue weighted by Crippen LogP contribution is 2.35. The molecule has 1 atom stereocenters. The minimum atomic E-state index is -0.508. The van der Waals surface area contributed by atoms with E-state index in [2.05, 4.69) is 16.4 Å². The van der Waals surface area contributed by atoms with Crippen LogP contribution in [-0.2, 0) is 4.74 Å². The highest BCUT2D eigenvalue weighted by Gasteiger charge is 2.35. The van der Waals surface area contributed by atoms with Gasteiger partial charge in [-0.3, -0.25) is 4.90 Å². The van der Waals surface area contributed by atoms with Crippen molar-refractivity contribution in [1.82, 2.24) is 10.3 Å². The first-order valence-electron chi connectivity index (χ1n) is 9.66. The number of ether oxygens (including phenoxy) is 1. The van der Waals surface area contributed by atoms with E-state index in [1.807, 2.05) is 31.7 Å². The second-order valence-electron chi connectivity index (χ2n) is 8.21. The van der Waals surface area contributed by atoms with Gasteiger partial charge < -0.3 is 10.1 Å². The minimum absolute atomic E-state index is 0.187. The number of nitrogens with zero attached hydrogens (tertiary/aromatic N) is 2. The molecule has 2 heterocycles. The Kier molecular flexibility index (Phi) is 5.62. The molecule has 2 fully saturated rings. The molecule has 0 aromatic carbocycles. The summed E-state index contributed by atoms with van der Waals surface area (Å²) in [5.74, 6) is 0.781. The van der Waals surface area contributed by atoms with Gasteiger partial charge in [0.2, 0.25) is 0 Å². The number of hydrogen-bond acceptors (Lipinski definition) is 4. The Morgan fingerprint density at radius 2 is 1.92 bits per heavy atom. The average molecular weight is 345 g/mol. The first kappa shape index (κ1) is 18.2. The zero-order chi connectivity index (χ0) is 17.9. The maximum Gasteiger partial charge on any atom is 0.416 e. The molecule has 3 rings (SSSR count). The number of carbonyl (C=O) groups excluding carboxylic acids is 1. The molecule has 1 amide bonds. The topological polar surface area (TPSA) is 54.5 Å². The number of piperidine rings is 1. The minimum Gasteiger partial charge on any atom is -0.443 e. The molecule has 138 valence electrons. The van der Waals surface area contributed by atoms with Gasteiger partial charge >= 0.3 is 6.09 Å². The third-order valence-corrected chi connectivity index (χ3v) is 5.01. The molecule has 5 heteroatoms. The lowest BCUT2D eigenvalue weighted by molar-refractivity contribution is 0.0564. The number of carbonyl (C=O) groups is 1. The molecule has 0 unspecified atom stereocenters. The SMILES string of the molecule is CC(C)(C)OC(=O)N(c1ncccc1[C@@H]1CCCCN1)C1CCCC1. The third-order valence-electron chi connectivity index (χ3n) is 5.01. The van der Waals surface area contributed by atoms with Crippen LogP contribution in [0.15, 0.2) is 18.3 Å². The molecular weight excluding hydrogens is 314 g/mol. The van der Waals surface area contributed by atoms with E-state index in [9.17, 15) is 4.79 Å². The van der Waals surface area contributed by atoms with Crippen molar-refractivity contribution in [3.05, 3.63) is 23.9 Å². The summed E-state index contributed by atoms with van der Waals surface area (Å²) in [5, 5.41) is 3.59. The van der Waals surface area contributed by atoms with Crippen LogP contribution in [0.5, 0.6) is 0 Å². The van der Waals surface area contributed by atoms with Crippen molar-refractivity contribution < 1.29 is 9.53 Å². The fourth-order valence-electron chi connectivity index (χ4n) is 3.88. The number of pyridine rings is 1. The van der Waals surface area contributed by atoms with E-state index < -0.39 is 5.60 Å². The molecule has 2 aliphatic rings. The van der Waals surface area contributed by atoms with Gasteiger partial charge in [0.15, 0.2) is 0 Å². The molecule has 0 radical (unpaired) electrons. The molecule has 1 saturated heterocycles. The maximum atomic E-state index is 13.0. The second-order valence-corrected chi connectivity index (χ2v) is 8.21. The molecule has 25 heavy (non-hydrogen) atoms. The van der Waals surface area contributed by atoms with Crippen LogP contribution in [0.1, 0.15) is 77.3 Å². The van der Waals surface area contributed by atoms with Crippen LogP contribution in [0.3, 0.4) is 0 Å². The van der Waals surface area contributed by atoms with Gasteiger partial charge in [0.25, 0.3) is 0 Å². The molecular formula is C20H31N3O2. The van der Waals surface area contributed by atoms with Gasteiger partial charge in [-0.15, -0.1) is 0 Å². The summed E-state index contributed by atoms with van der Waals surface area (Å²) in [6, 6.07) is 4.53. The van der Waals surface area contributed by atoms with Crippen LogP contribution < -0.4 is 10.2 Å². The van der Waals surface area contributed by atoms with Gasteiger partial charge in [-0.05, 0) is 59.1 Å². The van der Waals surface area contributed by atoms with Gasteiger partial charge in [0, 0.05) is 23.8 Å². The van der Waals surface area contributed by atoms with Crippen LogP contribution in [0.4, 0.5) is 10.6 Å². The monoisotopic (exact) mass is 345 g/mol. The quantitative estimate of drug-likeness (QED) is 0.871. The van der Waals surface area contributed by atoms with E-state index in [-0.39, 0.29) is 18.2 Å². The molecule has 1 aromatic heterocycles. The largest absolute Gasteiger partial charge is 0.443 e. The number of amides is 1. The number of anilines is 1. The van der Waals surface area contributed by atoms with Crippen LogP contribution >= 0.6 is 0 Å². The highest BCUT2D eigenvalue weighted by molar-refractivity contribution is 5.88. The second kappa shape index (κ2) is 7.73. The standard InChI is InChI=1S/C20H31N3O2/c1-20(2,3)25-19(24)23(15-9-4-5-10-15)18-16(11-8-14-22-18)17-12-6-7-13-21-17/h8,11,14-15,17,21H,4-7,9-10,12-13H2,1-3H3/t17-/m0/s1. The Bertz CT molecular complexity index is 585. The molecule has 1 aliphatic carbocycles. The lowest BCUT2D eigenvalue weighted by Gasteiger charge is -2.34. The molecule has 5 nitrogen and oxygen atoms in total. The van der Waals surface area contributed by atoms with Crippen LogP contribution in [0.2, 0.25) is 0 Å². The third kappa shape index (κ3) is 4.51. The molecule has 1 saturated carbocycles. The van der Waals surface area contributed by atoms with Crippen LogP contribution in [0.25, 0.3) is 0 Å². The van der Waals surface area contributed by atoms with Crippen molar-refractivity contribution in [2.24, 2.45) is 0 Å². The van der Waals surface area contributed by atoms with Gasteiger partial charge in [-0.25, -0.2) is 9.78 Å². The van der Waals surface area contributed by atoms with Crippen LogP contribution in [-0.4, -0.2) is 29.3 Å². The van der Waals surface area contributed by atoms with Crippen molar-refractivity contribution in [1.29, 1.82) is 0 Å². The summed E-state index contributed by atoms with van der Waals surface area (Å²) >= 11 is 0. The van der Waals surface area contributed by atoms with Crippen molar-refractivity contribution in [3.8, 4) is 0 Å². The van der Waals surface area contributed by atoms with Crippen LogP contribution in [0, 0.1) is 0 Å². The van der Waals surface area contributed by atoms with E-state index in [1.165, 1.54) is 12.8 Å². The van der Waals surface area contributed by atoms with Crippen molar-refractivity contribution in [3.63, 3.8) is 0 Å². The molecule has 0 bridgehead atoms. The summed E-state index contributed by atoms with van der Waals surface area (Å²) < 4.78 is 5.74. The predicted molar refractivity (Wildman–Crippen MR) is 99.8 cm³/mol. The lowest BCUT2D eigenvalue weighted by Crippen LogP contribution is -2.44. The number of nitrogens with one attached hydrogen (secondary N) is 1. The Labute approximate surface area is 151 Å². The maximum absolute atomic E-state index is 13.0. The zero-order valence-corrected chi connectivity index (χ0v) is 15.8. The molecule has 1 N–H and O–H groups in total. The Balaban J connectivity index is 1.94. The normalized spacial score (nSPS) is 22.0. The van der Waals surface area contributed by atoms with Gasteiger partial charge in [-0.1, -0.05) is 25.3 Å². The van der Waals surface area contributed by atoms with E-state index in [1.54, 1.807) is 6.20 Å². The van der Waals surface area contributed by atoms with Gasteiger partial charge in [0.05, 0.1) is 0 Å². The summed E-state index contributed by atoms with van der Waals surface area (Å²) in [6.45, 7) is 6.77. The van der Waals surface area contributed by atoms with Crippen molar-refractivity contribution in [2.45, 2.75) is 83.4 Å². The Morgan fingerprint density at radius 1 is 1.20 bits per heavy atom. The first-order valence-corrected chi connectivity index (χ1v) is 9.66. The van der Waals surface area contributed by atoms with Gasteiger partial charge in [0.1, 0.15) is 11.4 Å². The lowest BCUT2D eigenvalue weighted by atomic mass is 9.97. The average Bonchev–Trinajstić information content (AvgIpc) is 3.09. The number of aromatic nitrogens is 1. The summed E-state index contributed by atoms with van der Waals surface area (Å²) in [7, 11) is 0. The number of rotatable bonds is 3. The van der Waals surface area contributed by atoms with Crippen molar-refractivity contribution >= 4 is 11.9 Å². The van der Waals surface area contributed by atoms with Gasteiger partial charge in [-0.2, -0.15) is 0 Å². The Morgan fingerprint density at radius 3 is 2.56 bits per heavy atom. The fourth-order valence-corrected chi connectivity index (χ4v) is 3.88. The zero-order valence-electron chi connectivity index (χ0n) is 15.8. The van der Waals surface area contributed by atoms with E-state index in [0.717, 1.165) is 50.0 Å². The fraction of sp³-hybridized carbons (Fsp3) is 0.700. The molecule has 1 aliphatic heterocycles. The van der Waals surface area contributed by atoms with E-state index in [0.29, 0.717) is 0 Å². The molecule has 1 aromatic rings. The predicted octanol–water partition coefficient (Wildman–Crippen LogP) is 4.58. The Hall–Kier alpha value is -1.62. The smallest absolute Gasteiger partial charge is 0.416 e. The van der Waals surface area contributed by atoms with E-state index in [4.69, 9.17) is 4.74 Å². The van der Waals surface area contributed by atoms with Crippen molar-refractivity contribution in [2.75, 3.05) is 11.4 Å². The van der Waals surface area contributed by atoms with E-state index >= 15 is 0 Å². The summed E-state index contributed by atoms with van der Waals surface area (Å²) in [5.41, 5.74) is 0.617. The highest BCUT2D eigenvalue weighted by atomic mass is 16.6. The molecule has 0 spiro atoms. The number of hydrogen-bond donors (Lipinski definition) is 1. The first-order chi connectivity index (χ1) is 12.0. The summed E-state index contributed by atoms with van der Waals surface area (Å²) in [4.78, 5) is 19.5. The summed E-state index contributed by atoms with van der Waals surface area (Å²) in [6.07, 6.45) is 9.39.